The number of ether oxygens (including phenoxy) is 1. The summed E-state index contributed by atoms with van der Waals surface area (Å²) >= 11 is 0. The van der Waals surface area contributed by atoms with Crippen LogP contribution in [-0.4, -0.2) is 49.0 Å². The Balaban J connectivity index is 1.81. The Morgan fingerprint density at radius 2 is 2.00 bits per heavy atom. The first-order valence-corrected chi connectivity index (χ1v) is 6.77. The largest absolute Gasteiger partial charge is 0.393 e. The van der Waals surface area contributed by atoms with Gasteiger partial charge in [0.1, 0.15) is 0 Å². The zero-order valence-corrected chi connectivity index (χ0v) is 10.4. The molecular weight excluding hydrogens is 202 g/mol. The second-order valence-corrected chi connectivity index (χ2v) is 5.33. The van der Waals surface area contributed by atoms with Crippen LogP contribution in [0.3, 0.4) is 0 Å². The molecule has 0 radical (unpaired) electrons. The molecule has 1 N–H and O–H groups in total. The normalized spacial score (nSPS) is 37.5. The third kappa shape index (κ3) is 3.19. The molecule has 1 saturated carbocycles. The predicted molar refractivity (Wildman–Crippen MR) is 64.4 cm³/mol. The molecule has 0 aromatic rings. The van der Waals surface area contributed by atoms with Gasteiger partial charge in [-0.1, -0.05) is 13.3 Å². The van der Waals surface area contributed by atoms with Crippen LogP contribution >= 0.6 is 0 Å². The van der Waals surface area contributed by atoms with Crippen molar-refractivity contribution in [3.63, 3.8) is 0 Å². The van der Waals surface area contributed by atoms with Crippen LogP contribution in [0.4, 0.5) is 0 Å². The van der Waals surface area contributed by atoms with Gasteiger partial charge in [0.2, 0.25) is 0 Å². The van der Waals surface area contributed by atoms with Crippen LogP contribution in [0.2, 0.25) is 0 Å². The molecule has 1 aliphatic carbocycles. The molecule has 94 valence electrons. The lowest BCUT2D eigenvalue weighted by Gasteiger charge is -2.37. The molecule has 0 aromatic carbocycles. The topological polar surface area (TPSA) is 32.7 Å². The summed E-state index contributed by atoms with van der Waals surface area (Å²) in [6, 6.07) is 0. The van der Waals surface area contributed by atoms with E-state index in [9.17, 15) is 5.11 Å². The van der Waals surface area contributed by atoms with Gasteiger partial charge >= 0.3 is 0 Å². The molecule has 2 rings (SSSR count). The quantitative estimate of drug-likeness (QED) is 0.793. The maximum Gasteiger partial charge on any atom is 0.0594 e. The van der Waals surface area contributed by atoms with Crippen LogP contribution in [0.15, 0.2) is 0 Å². The maximum absolute atomic E-state index is 10.1. The average molecular weight is 227 g/mol. The highest BCUT2D eigenvalue weighted by atomic mass is 16.5. The Morgan fingerprint density at radius 3 is 2.69 bits per heavy atom. The third-order valence-corrected chi connectivity index (χ3v) is 4.22. The van der Waals surface area contributed by atoms with Crippen LogP contribution < -0.4 is 0 Å². The number of aliphatic hydroxyl groups is 1. The van der Waals surface area contributed by atoms with Gasteiger partial charge in [-0.25, -0.2) is 0 Å². The molecule has 0 bridgehead atoms. The highest BCUT2D eigenvalue weighted by Crippen LogP contribution is 2.31. The van der Waals surface area contributed by atoms with Crippen LogP contribution in [0.5, 0.6) is 0 Å². The van der Waals surface area contributed by atoms with Crippen LogP contribution in [0.25, 0.3) is 0 Å². The first-order chi connectivity index (χ1) is 7.79. The molecule has 3 heteroatoms. The first kappa shape index (κ1) is 12.3. The van der Waals surface area contributed by atoms with Gasteiger partial charge in [-0.05, 0) is 31.1 Å². The highest BCUT2D eigenvalue weighted by Gasteiger charge is 2.29. The maximum atomic E-state index is 10.1. The first-order valence-electron chi connectivity index (χ1n) is 6.77. The van der Waals surface area contributed by atoms with E-state index in [4.69, 9.17) is 4.74 Å². The summed E-state index contributed by atoms with van der Waals surface area (Å²) < 4.78 is 5.35. The molecular formula is C13H25NO2. The molecule has 2 aliphatic rings. The molecule has 16 heavy (non-hydrogen) atoms. The van der Waals surface area contributed by atoms with Crippen LogP contribution in [0, 0.1) is 11.8 Å². The van der Waals surface area contributed by atoms with Gasteiger partial charge in [-0.15, -0.1) is 0 Å². The van der Waals surface area contributed by atoms with Crippen molar-refractivity contribution in [2.45, 2.75) is 38.7 Å². The van der Waals surface area contributed by atoms with Gasteiger partial charge in [0, 0.05) is 19.6 Å². The van der Waals surface area contributed by atoms with Gasteiger partial charge in [0.25, 0.3) is 0 Å². The summed E-state index contributed by atoms with van der Waals surface area (Å²) in [5.74, 6) is 1.34. The average Bonchev–Trinajstić information content (AvgIpc) is 2.33. The minimum absolute atomic E-state index is 0.0642. The van der Waals surface area contributed by atoms with Crippen molar-refractivity contribution in [1.29, 1.82) is 0 Å². The Morgan fingerprint density at radius 1 is 1.25 bits per heavy atom. The summed E-state index contributed by atoms with van der Waals surface area (Å²) in [7, 11) is 0. The molecule has 1 aliphatic heterocycles. The number of aliphatic hydroxyl groups excluding tert-OH is 1. The van der Waals surface area contributed by atoms with E-state index in [1.165, 1.54) is 19.3 Å². The third-order valence-electron chi connectivity index (χ3n) is 4.22. The SMILES string of the molecule is CCC1CCC(O)C(CN2CCOCC2)C1. The van der Waals surface area contributed by atoms with Crippen molar-refractivity contribution < 1.29 is 9.84 Å². The summed E-state index contributed by atoms with van der Waals surface area (Å²) in [6.45, 7) is 7.15. The second-order valence-electron chi connectivity index (χ2n) is 5.33. The zero-order valence-electron chi connectivity index (χ0n) is 10.4. The molecule has 3 unspecified atom stereocenters. The molecule has 1 heterocycles. The smallest absolute Gasteiger partial charge is 0.0594 e. The molecule has 3 nitrogen and oxygen atoms in total. The predicted octanol–water partition coefficient (Wildman–Crippen LogP) is 1.51. The summed E-state index contributed by atoms with van der Waals surface area (Å²) in [5.41, 5.74) is 0. The van der Waals surface area contributed by atoms with Crippen molar-refractivity contribution in [3.05, 3.63) is 0 Å². The van der Waals surface area contributed by atoms with Gasteiger partial charge < -0.3 is 9.84 Å². The lowest BCUT2D eigenvalue weighted by Crippen LogP contribution is -2.43. The summed E-state index contributed by atoms with van der Waals surface area (Å²) in [5, 5.41) is 10.1. The minimum atomic E-state index is -0.0642. The van der Waals surface area contributed by atoms with Crippen molar-refractivity contribution in [2.24, 2.45) is 11.8 Å². The second kappa shape index (κ2) is 5.99. The lowest BCUT2D eigenvalue weighted by atomic mass is 9.78. The van der Waals surface area contributed by atoms with Crippen molar-refractivity contribution in [3.8, 4) is 0 Å². The van der Waals surface area contributed by atoms with Crippen LogP contribution in [-0.2, 0) is 4.74 Å². The number of nitrogens with zero attached hydrogens (tertiary/aromatic N) is 1. The van der Waals surface area contributed by atoms with Gasteiger partial charge in [-0.2, -0.15) is 0 Å². The van der Waals surface area contributed by atoms with Gasteiger partial charge in [-0.3, -0.25) is 4.90 Å². The molecule has 2 fully saturated rings. The summed E-state index contributed by atoms with van der Waals surface area (Å²) in [4.78, 5) is 2.45. The fourth-order valence-electron chi connectivity index (χ4n) is 3.03. The van der Waals surface area contributed by atoms with Gasteiger partial charge in [0.05, 0.1) is 19.3 Å². The van der Waals surface area contributed by atoms with E-state index in [0.29, 0.717) is 5.92 Å². The Hall–Kier alpha value is -0.120. The van der Waals surface area contributed by atoms with Crippen molar-refractivity contribution in [2.75, 3.05) is 32.8 Å². The van der Waals surface area contributed by atoms with E-state index in [1.54, 1.807) is 0 Å². The lowest BCUT2D eigenvalue weighted by molar-refractivity contribution is -0.00784. The molecule has 0 spiro atoms. The molecule has 1 saturated heterocycles. The van der Waals surface area contributed by atoms with E-state index in [1.807, 2.05) is 0 Å². The zero-order chi connectivity index (χ0) is 11.4. The fourth-order valence-corrected chi connectivity index (χ4v) is 3.03. The fraction of sp³-hybridized carbons (Fsp3) is 1.00. The number of hydrogen-bond acceptors (Lipinski definition) is 3. The van der Waals surface area contributed by atoms with E-state index >= 15 is 0 Å². The minimum Gasteiger partial charge on any atom is -0.393 e. The molecule has 0 amide bonds. The van der Waals surface area contributed by atoms with E-state index in [2.05, 4.69) is 11.8 Å². The Kier molecular flexibility index (Phi) is 4.62. The highest BCUT2D eigenvalue weighted by molar-refractivity contribution is 4.82. The van der Waals surface area contributed by atoms with Crippen molar-refractivity contribution in [1.82, 2.24) is 4.90 Å². The standard InChI is InChI=1S/C13H25NO2/c1-2-11-3-4-13(15)12(9-11)10-14-5-7-16-8-6-14/h11-13,15H,2-10H2,1H3. The van der Waals surface area contributed by atoms with E-state index in [-0.39, 0.29) is 6.10 Å². The number of rotatable bonds is 3. The molecule has 3 atom stereocenters. The number of hydrogen-bond donors (Lipinski definition) is 1. The Bertz CT molecular complexity index is 204. The van der Waals surface area contributed by atoms with Gasteiger partial charge in [0.15, 0.2) is 0 Å². The van der Waals surface area contributed by atoms with E-state index < -0.39 is 0 Å². The van der Waals surface area contributed by atoms with Crippen LogP contribution in [0.1, 0.15) is 32.6 Å². The number of morpholine rings is 1. The Labute approximate surface area is 98.8 Å². The monoisotopic (exact) mass is 227 g/mol. The summed E-state index contributed by atoms with van der Waals surface area (Å²) in [6.07, 6.45) is 4.65. The van der Waals surface area contributed by atoms with E-state index in [0.717, 1.165) is 45.2 Å². The van der Waals surface area contributed by atoms with Crippen molar-refractivity contribution >= 4 is 0 Å². The molecule has 0 aromatic heterocycles.